The number of benzene rings is 12. The van der Waals surface area contributed by atoms with Crippen molar-refractivity contribution in [3.8, 4) is 84.6 Å². The van der Waals surface area contributed by atoms with E-state index in [4.69, 9.17) is 15.0 Å². The molecule has 0 saturated heterocycles. The highest BCUT2D eigenvalue weighted by Gasteiger charge is 2.41. The minimum atomic E-state index is -0.203. The molecule has 0 fully saturated rings. The second kappa shape index (κ2) is 18.1. The summed E-state index contributed by atoms with van der Waals surface area (Å²) in [4.78, 5) is 16.2. The Labute approximate surface area is 521 Å². The monoisotopic (exact) mass is 1150 g/mol. The Morgan fingerprint density at radius 2 is 0.489 bits per heavy atom. The molecule has 0 bridgehead atoms. The van der Waals surface area contributed by atoms with Gasteiger partial charge in [0.25, 0.3) is 0 Å². The third-order valence-electron chi connectivity index (χ3n) is 20.8. The van der Waals surface area contributed by atoms with Crippen molar-refractivity contribution in [1.82, 2.24) is 28.7 Å². The highest BCUT2D eigenvalue weighted by atomic mass is 15.0. The summed E-state index contributed by atoms with van der Waals surface area (Å²) < 4.78 is 7.43. The smallest absolute Gasteiger partial charge is 0.164 e. The van der Waals surface area contributed by atoms with Gasteiger partial charge in [-0.15, -0.1) is 0 Å². The Kier molecular flexibility index (Phi) is 10.3. The van der Waals surface area contributed by atoms with E-state index in [1.54, 1.807) is 0 Å². The third-order valence-corrected chi connectivity index (χ3v) is 20.8. The predicted molar refractivity (Wildman–Crippen MR) is 372 cm³/mol. The van der Waals surface area contributed by atoms with Gasteiger partial charge in [0.2, 0.25) is 0 Å². The number of fused-ring (bicyclic) bond motifs is 21. The molecule has 0 atom stereocenters. The van der Waals surface area contributed by atoms with Gasteiger partial charge in [-0.1, -0.05) is 205 Å². The minimum absolute atomic E-state index is 0.203. The largest absolute Gasteiger partial charge is 0.309 e. The Morgan fingerprint density at radius 1 is 0.233 bits per heavy atom. The lowest BCUT2D eigenvalue weighted by Crippen LogP contribution is -2.16. The molecule has 16 aromatic rings. The average molecular weight is 1150 g/mol. The lowest BCUT2D eigenvalue weighted by Gasteiger charge is -2.23. The Bertz CT molecular complexity index is 5210. The van der Waals surface area contributed by atoms with Crippen molar-refractivity contribution in [2.45, 2.75) is 57.8 Å². The van der Waals surface area contributed by atoms with Gasteiger partial charge in [0, 0.05) is 82.3 Å². The second-order valence-corrected chi connectivity index (χ2v) is 26.7. The molecule has 426 valence electrons. The van der Waals surface area contributed by atoms with Gasteiger partial charge in [0.05, 0.1) is 33.1 Å². The quantitative estimate of drug-likeness (QED) is 0.167. The van der Waals surface area contributed by atoms with E-state index in [2.05, 4.69) is 310 Å². The van der Waals surface area contributed by atoms with Crippen LogP contribution in [-0.2, 0) is 16.2 Å². The van der Waals surface area contributed by atoms with E-state index in [0.29, 0.717) is 17.5 Å². The van der Waals surface area contributed by atoms with Gasteiger partial charge in [-0.2, -0.15) is 0 Å². The van der Waals surface area contributed by atoms with Gasteiger partial charge >= 0.3 is 0 Å². The molecule has 4 aromatic heterocycles. The van der Waals surface area contributed by atoms with Crippen LogP contribution in [0.3, 0.4) is 0 Å². The van der Waals surface area contributed by atoms with Crippen molar-refractivity contribution >= 4 is 65.4 Å². The highest BCUT2D eigenvalue weighted by Crippen LogP contribution is 2.56. The minimum Gasteiger partial charge on any atom is -0.309 e. The maximum atomic E-state index is 5.41. The summed E-state index contributed by atoms with van der Waals surface area (Å²) in [7, 11) is 0. The SMILES string of the molecule is CC1(C)c2ccccc2-c2ccc3c4ccccc4n(-c4ccc(-c5nc(-c6ccc(-n7c8ccccc8c8ccc9c(c87)C(C)(C)c7ccccc7-9)cc6)nc(-c6ccc(-n7c8ccccc8c8ccc9c(c87)C(C)(C)c7ccccc7-9)cc6)n5)cc4)c3c21. The molecular weight excluding hydrogens is 1090 g/mol. The van der Waals surface area contributed by atoms with Crippen LogP contribution in [0.1, 0.15) is 74.9 Å². The van der Waals surface area contributed by atoms with Gasteiger partial charge in [0.15, 0.2) is 17.5 Å². The van der Waals surface area contributed by atoms with E-state index in [1.165, 1.54) is 132 Å². The molecule has 19 rings (SSSR count). The van der Waals surface area contributed by atoms with Crippen molar-refractivity contribution in [3.05, 3.63) is 288 Å². The number of para-hydroxylation sites is 3. The van der Waals surface area contributed by atoms with Gasteiger partial charge in [-0.3, -0.25) is 0 Å². The first-order valence-corrected chi connectivity index (χ1v) is 31.5. The second-order valence-electron chi connectivity index (χ2n) is 26.7. The van der Waals surface area contributed by atoms with Crippen molar-refractivity contribution in [3.63, 3.8) is 0 Å². The van der Waals surface area contributed by atoms with E-state index < -0.39 is 0 Å². The van der Waals surface area contributed by atoms with Crippen LogP contribution < -0.4 is 0 Å². The van der Waals surface area contributed by atoms with Crippen molar-refractivity contribution in [1.29, 1.82) is 0 Å². The molecule has 12 aromatic carbocycles. The van der Waals surface area contributed by atoms with Crippen LogP contribution in [0.5, 0.6) is 0 Å². The van der Waals surface area contributed by atoms with Crippen LogP contribution in [0.15, 0.2) is 255 Å². The first kappa shape index (κ1) is 51.1. The summed E-state index contributed by atoms with van der Waals surface area (Å²) in [5.41, 5.74) is 28.6. The van der Waals surface area contributed by atoms with Gasteiger partial charge in [-0.25, -0.2) is 15.0 Å². The van der Waals surface area contributed by atoms with Crippen LogP contribution in [0.4, 0.5) is 0 Å². The highest BCUT2D eigenvalue weighted by molar-refractivity contribution is 6.16. The Hall–Kier alpha value is -11.0. The Morgan fingerprint density at radius 3 is 0.778 bits per heavy atom. The van der Waals surface area contributed by atoms with E-state index in [9.17, 15) is 0 Å². The average Bonchev–Trinajstić information content (AvgIpc) is 1.67. The van der Waals surface area contributed by atoms with Crippen molar-refractivity contribution in [2.24, 2.45) is 0 Å². The molecule has 6 heteroatoms. The molecule has 0 radical (unpaired) electrons. The fourth-order valence-corrected chi connectivity index (χ4v) is 16.8. The molecule has 6 nitrogen and oxygen atoms in total. The number of hydrogen-bond donors (Lipinski definition) is 0. The Balaban J connectivity index is 0.770. The third kappa shape index (κ3) is 6.80. The van der Waals surface area contributed by atoms with Crippen molar-refractivity contribution in [2.75, 3.05) is 0 Å². The van der Waals surface area contributed by atoms with E-state index in [-0.39, 0.29) is 16.2 Å². The summed E-state index contributed by atoms with van der Waals surface area (Å²) in [6.07, 6.45) is 0. The maximum Gasteiger partial charge on any atom is 0.164 e. The van der Waals surface area contributed by atoms with Crippen molar-refractivity contribution < 1.29 is 0 Å². The van der Waals surface area contributed by atoms with E-state index in [0.717, 1.165) is 33.8 Å². The van der Waals surface area contributed by atoms with Gasteiger partial charge < -0.3 is 13.7 Å². The molecule has 0 unspecified atom stereocenters. The maximum absolute atomic E-state index is 5.41. The molecule has 0 spiro atoms. The molecule has 3 aliphatic carbocycles. The zero-order valence-corrected chi connectivity index (χ0v) is 50.9. The lowest BCUT2D eigenvalue weighted by atomic mass is 9.81. The van der Waals surface area contributed by atoms with Crippen LogP contribution in [0.2, 0.25) is 0 Å². The zero-order chi connectivity index (χ0) is 60.1. The van der Waals surface area contributed by atoms with Crippen LogP contribution >= 0.6 is 0 Å². The summed E-state index contributed by atoms with van der Waals surface area (Å²) in [6.45, 7) is 14.3. The molecular formula is C84H60N6. The van der Waals surface area contributed by atoms with Crippen LogP contribution in [0, 0.1) is 0 Å². The summed E-state index contributed by atoms with van der Waals surface area (Å²) in [5.74, 6) is 1.82. The fraction of sp³-hybridized carbons (Fsp3) is 0.107. The lowest BCUT2D eigenvalue weighted by molar-refractivity contribution is 0.663. The summed E-state index contributed by atoms with van der Waals surface area (Å²) in [6, 6.07) is 93.9. The van der Waals surface area contributed by atoms with Crippen LogP contribution in [0.25, 0.3) is 150 Å². The molecule has 0 saturated carbocycles. The zero-order valence-electron chi connectivity index (χ0n) is 50.9. The molecule has 0 aliphatic heterocycles. The molecule has 0 N–H and O–H groups in total. The van der Waals surface area contributed by atoms with E-state index in [1.807, 2.05) is 0 Å². The number of hydrogen-bond acceptors (Lipinski definition) is 3. The summed E-state index contributed by atoms with van der Waals surface area (Å²) >= 11 is 0. The number of aromatic nitrogens is 6. The number of rotatable bonds is 6. The molecule has 90 heavy (non-hydrogen) atoms. The van der Waals surface area contributed by atoms with Gasteiger partial charge in [-0.05, 0) is 158 Å². The predicted octanol–water partition coefficient (Wildman–Crippen LogP) is 21.1. The fourth-order valence-electron chi connectivity index (χ4n) is 16.8. The number of nitrogens with zero attached hydrogens (tertiary/aromatic N) is 6. The topological polar surface area (TPSA) is 53.5 Å². The van der Waals surface area contributed by atoms with E-state index >= 15 is 0 Å². The molecule has 4 heterocycles. The molecule has 3 aliphatic rings. The summed E-state index contributed by atoms with van der Waals surface area (Å²) in [5, 5.41) is 7.48. The first-order chi connectivity index (χ1) is 43.9. The normalized spacial score (nSPS) is 14.6. The van der Waals surface area contributed by atoms with Gasteiger partial charge in [0.1, 0.15) is 0 Å². The molecule has 0 amide bonds. The standard InChI is InChI=1S/C84H60N6/c1-82(2)67-25-13-7-19-55(67)61-43-46-64-58-22-10-16-28-70(58)88(76(64)73(61)82)52-37-31-49(32-38-52)79-85-80(50-33-39-53(40-34-50)89-71-29-17-11-23-59(71)65-47-44-62-56-20-8-14-26-68(56)83(3,4)74(62)77(65)89)87-81(86-79)51-35-41-54(42-36-51)90-72-30-18-12-24-60(72)66-48-45-63-57-21-9-15-27-69(57)84(5,6)75(63)78(66)90/h7-48H,1-6H3. The van der Waals surface area contributed by atoms with Crippen LogP contribution in [-0.4, -0.2) is 28.7 Å². The first-order valence-electron chi connectivity index (χ1n) is 31.5.